The van der Waals surface area contributed by atoms with E-state index >= 15 is 0 Å². The van der Waals surface area contributed by atoms with E-state index in [9.17, 15) is 0 Å². The highest BCUT2D eigenvalue weighted by atomic mass is 32.2. The van der Waals surface area contributed by atoms with Gasteiger partial charge in [-0.15, -0.1) is 11.8 Å². The van der Waals surface area contributed by atoms with E-state index in [0.29, 0.717) is 12.1 Å². The first-order valence-electron chi connectivity index (χ1n) is 6.93. The molecular weight excluding hydrogens is 240 g/mol. The zero-order valence-corrected chi connectivity index (χ0v) is 12.0. The van der Waals surface area contributed by atoms with Gasteiger partial charge in [0, 0.05) is 48.3 Å². The monoisotopic (exact) mass is 262 g/mol. The topological polar surface area (TPSA) is 15.3 Å². The largest absolute Gasteiger partial charge is 0.311 e. The van der Waals surface area contributed by atoms with E-state index in [1.807, 2.05) is 11.8 Å². The molecule has 2 aliphatic heterocycles. The second kappa shape index (κ2) is 5.24. The van der Waals surface area contributed by atoms with Crippen LogP contribution in [0, 0.1) is 0 Å². The summed E-state index contributed by atoms with van der Waals surface area (Å²) in [5.41, 5.74) is 1.57. The average molecular weight is 262 g/mol. The molecule has 2 nitrogen and oxygen atoms in total. The van der Waals surface area contributed by atoms with Gasteiger partial charge in [0.2, 0.25) is 0 Å². The zero-order valence-electron chi connectivity index (χ0n) is 11.2. The normalized spacial score (nSPS) is 32.4. The Hall–Kier alpha value is -0.510. The third-order valence-corrected chi connectivity index (χ3v) is 5.40. The summed E-state index contributed by atoms with van der Waals surface area (Å²) in [6.07, 6.45) is 0. The summed E-state index contributed by atoms with van der Waals surface area (Å²) in [5.74, 6) is 1.98. The summed E-state index contributed by atoms with van der Waals surface area (Å²) in [4.78, 5) is 4.16. The van der Waals surface area contributed by atoms with Crippen LogP contribution in [0.4, 0.5) is 0 Å². The number of nitrogens with zero attached hydrogens (tertiary/aromatic N) is 1. The van der Waals surface area contributed by atoms with Gasteiger partial charge in [-0.05, 0) is 25.5 Å². The standard InChI is InChI=1S/C15H22N2S/c1-11-8-17(12(2)7-16-11)9-13-10-18-15-6-4-3-5-14(13)15/h3-6,11-13,16H,7-10H2,1-2H3. The van der Waals surface area contributed by atoms with Gasteiger partial charge in [-0.3, -0.25) is 4.90 Å². The minimum atomic E-state index is 0.630. The maximum atomic E-state index is 3.56. The molecule has 0 spiro atoms. The Morgan fingerprint density at radius 1 is 1.33 bits per heavy atom. The number of nitrogens with one attached hydrogen (secondary N) is 1. The highest BCUT2D eigenvalue weighted by molar-refractivity contribution is 7.99. The molecule has 3 heteroatoms. The molecule has 1 saturated heterocycles. The van der Waals surface area contributed by atoms with E-state index in [-0.39, 0.29) is 0 Å². The van der Waals surface area contributed by atoms with Crippen molar-refractivity contribution in [2.45, 2.75) is 36.7 Å². The summed E-state index contributed by atoms with van der Waals surface area (Å²) >= 11 is 2.02. The molecule has 1 N–H and O–H groups in total. The van der Waals surface area contributed by atoms with E-state index in [1.165, 1.54) is 23.7 Å². The molecule has 3 atom stereocenters. The lowest BCUT2D eigenvalue weighted by Crippen LogP contribution is -2.55. The molecule has 0 aliphatic carbocycles. The first-order valence-corrected chi connectivity index (χ1v) is 7.91. The molecule has 0 radical (unpaired) electrons. The van der Waals surface area contributed by atoms with E-state index in [4.69, 9.17) is 0 Å². The maximum absolute atomic E-state index is 3.56. The summed E-state index contributed by atoms with van der Waals surface area (Å²) in [5, 5.41) is 3.56. The van der Waals surface area contributed by atoms with Crippen LogP contribution in [0.5, 0.6) is 0 Å². The summed E-state index contributed by atoms with van der Waals surface area (Å²) in [6, 6.07) is 10.2. The van der Waals surface area contributed by atoms with Gasteiger partial charge < -0.3 is 5.32 Å². The van der Waals surface area contributed by atoms with Crippen molar-refractivity contribution in [2.75, 3.05) is 25.4 Å². The number of fused-ring (bicyclic) bond motifs is 1. The summed E-state index contributed by atoms with van der Waals surface area (Å²) < 4.78 is 0. The van der Waals surface area contributed by atoms with Crippen LogP contribution in [0.2, 0.25) is 0 Å². The fourth-order valence-corrected chi connectivity index (χ4v) is 4.26. The number of benzene rings is 1. The predicted octanol–water partition coefficient (Wildman–Crippen LogP) is 2.56. The molecule has 1 aromatic carbocycles. The Labute approximate surface area is 114 Å². The lowest BCUT2D eigenvalue weighted by atomic mass is 9.99. The molecular formula is C15H22N2S. The third-order valence-electron chi connectivity index (χ3n) is 4.15. The van der Waals surface area contributed by atoms with Gasteiger partial charge >= 0.3 is 0 Å². The van der Waals surface area contributed by atoms with Gasteiger partial charge in [0.1, 0.15) is 0 Å². The van der Waals surface area contributed by atoms with Gasteiger partial charge in [-0.25, -0.2) is 0 Å². The fourth-order valence-electron chi connectivity index (χ4n) is 3.02. The average Bonchev–Trinajstić information content (AvgIpc) is 2.78. The third kappa shape index (κ3) is 2.44. The number of hydrogen-bond acceptors (Lipinski definition) is 3. The first kappa shape index (κ1) is 12.5. The Balaban J connectivity index is 1.70. The smallest absolute Gasteiger partial charge is 0.0193 e. The molecule has 1 fully saturated rings. The Morgan fingerprint density at radius 3 is 3.06 bits per heavy atom. The van der Waals surface area contributed by atoms with Crippen LogP contribution in [0.25, 0.3) is 0 Å². The van der Waals surface area contributed by atoms with Crippen molar-refractivity contribution in [3.8, 4) is 0 Å². The van der Waals surface area contributed by atoms with E-state index in [0.717, 1.165) is 12.5 Å². The van der Waals surface area contributed by atoms with E-state index in [2.05, 4.69) is 48.3 Å². The van der Waals surface area contributed by atoms with Gasteiger partial charge in [-0.1, -0.05) is 18.2 Å². The van der Waals surface area contributed by atoms with Crippen LogP contribution >= 0.6 is 11.8 Å². The van der Waals surface area contributed by atoms with Crippen molar-refractivity contribution in [1.82, 2.24) is 10.2 Å². The van der Waals surface area contributed by atoms with Crippen molar-refractivity contribution in [2.24, 2.45) is 0 Å². The van der Waals surface area contributed by atoms with Crippen LogP contribution in [0.1, 0.15) is 25.3 Å². The van der Waals surface area contributed by atoms with Crippen LogP contribution < -0.4 is 5.32 Å². The SMILES string of the molecule is CC1CN(CC2CSc3ccccc32)C(C)CN1. The fraction of sp³-hybridized carbons (Fsp3) is 0.600. The lowest BCUT2D eigenvalue weighted by molar-refractivity contribution is 0.140. The molecule has 98 valence electrons. The molecule has 2 heterocycles. The minimum Gasteiger partial charge on any atom is -0.311 e. The number of piperazine rings is 1. The Morgan fingerprint density at radius 2 is 2.17 bits per heavy atom. The Kier molecular flexibility index (Phi) is 3.64. The molecule has 0 bridgehead atoms. The predicted molar refractivity (Wildman–Crippen MR) is 78.4 cm³/mol. The maximum Gasteiger partial charge on any atom is 0.0193 e. The van der Waals surface area contributed by atoms with Crippen LogP contribution in [0.3, 0.4) is 0 Å². The zero-order chi connectivity index (χ0) is 12.5. The van der Waals surface area contributed by atoms with E-state index in [1.54, 1.807) is 5.56 Å². The van der Waals surface area contributed by atoms with Gasteiger partial charge in [0.05, 0.1) is 0 Å². The molecule has 0 aromatic heterocycles. The van der Waals surface area contributed by atoms with Gasteiger partial charge in [-0.2, -0.15) is 0 Å². The second-order valence-corrected chi connectivity index (χ2v) is 6.72. The van der Waals surface area contributed by atoms with Crippen molar-refractivity contribution in [3.63, 3.8) is 0 Å². The quantitative estimate of drug-likeness (QED) is 0.882. The molecule has 0 amide bonds. The Bertz CT molecular complexity index is 421. The lowest BCUT2D eigenvalue weighted by Gasteiger charge is -2.38. The molecule has 1 aromatic rings. The van der Waals surface area contributed by atoms with E-state index < -0.39 is 0 Å². The summed E-state index contributed by atoms with van der Waals surface area (Å²) in [7, 11) is 0. The van der Waals surface area contributed by atoms with Gasteiger partial charge in [0.25, 0.3) is 0 Å². The number of hydrogen-bond donors (Lipinski definition) is 1. The number of rotatable bonds is 2. The number of thioether (sulfide) groups is 1. The van der Waals surface area contributed by atoms with Crippen LogP contribution in [-0.4, -0.2) is 42.4 Å². The highest BCUT2D eigenvalue weighted by Gasteiger charge is 2.29. The van der Waals surface area contributed by atoms with Gasteiger partial charge in [0.15, 0.2) is 0 Å². The van der Waals surface area contributed by atoms with Crippen molar-refractivity contribution < 1.29 is 0 Å². The molecule has 2 aliphatic rings. The highest BCUT2D eigenvalue weighted by Crippen LogP contribution is 2.39. The molecule has 18 heavy (non-hydrogen) atoms. The van der Waals surface area contributed by atoms with Crippen molar-refractivity contribution in [3.05, 3.63) is 29.8 Å². The molecule has 3 rings (SSSR count). The van der Waals surface area contributed by atoms with Crippen molar-refractivity contribution >= 4 is 11.8 Å². The van der Waals surface area contributed by atoms with Crippen LogP contribution in [-0.2, 0) is 0 Å². The van der Waals surface area contributed by atoms with Crippen LogP contribution in [0.15, 0.2) is 29.2 Å². The molecule has 0 saturated carbocycles. The first-order chi connectivity index (χ1) is 8.74. The van der Waals surface area contributed by atoms with Crippen molar-refractivity contribution in [1.29, 1.82) is 0 Å². The minimum absolute atomic E-state index is 0.630. The second-order valence-electron chi connectivity index (χ2n) is 5.66. The summed E-state index contributed by atoms with van der Waals surface area (Å²) in [6.45, 7) is 8.16. The molecule has 3 unspecified atom stereocenters.